The molecular formula is C21H18. The number of fused-ring (bicyclic) bond motifs is 1. The molecule has 0 fully saturated rings. The van der Waals surface area contributed by atoms with Gasteiger partial charge in [-0.1, -0.05) is 62.2 Å². The molecule has 2 aromatic carbocycles. The van der Waals surface area contributed by atoms with Gasteiger partial charge in [-0.15, -0.1) is 6.42 Å². The molecular weight excluding hydrogens is 252 g/mol. The quantitative estimate of drug-likeness (QED) is 0.653. The van der Waals surface area contributed by atoms with E-state index in [1.807, 2.05) is 12.1 Å². The normalized spacial score (nSPS) is 15.0. The smallest absolute Gasteiger partial charge is 0.0248 e. The SMILES string of the molecule is C#Cc1cccc(/C=C2/C=C(C(C)C)c3ccccc32)c1. The molecule has 0 saturated carbocycles. The zero-order valence-electron chi connectivity index (χ0n) is 12.4. The number of hydrogen-bond donors (Lipinski definition) is 0. The van der Waals surface area contributed by atoms with Gasteiger partial charge in [-0.25, -0.2) is 0 Å². The molecule has 0 saturated heterocycles. The van der Waals surface area contributed by atoms with Crippen molar-refractivity contribution < 1.29 is 0 Å². The van der Waals surface area contributed by atoms with Gasteiger partial charge in [-0.05, 0) is 52.0 Å². The van der Waals surface area contributed by atoms with Crippen LogP contribution in [0.5, 0.6) is 0 Å². The maximum Gasteiger partial charge on any atom is 0.0248 e. The summed E-state index contributed by atoms with van der Waals surface area (Å²) in [4.78, 5) is 0. The zero-order chi connectivity index (χ0) is 14.8. The third-order valence-electron chi connectivity index (χ3n) is 3.86. The number of hydrogen-bond acceptors (Lipinski definition) is 0. The Morgan fingerprint density at radius 2 is 1.76 bits per heavy atom. The van der Waals surface area contributed by atoms with Crippen molar-refractivity contribution in [2.24, 2.45) is 5.92 Å². The number of terminal acetylenes is 1. The van der Waals surface area contributed by atoms with E-state index in [0.29, 0.717) is 5.92 Å². The second-order valence-electron chi connectivity index (χ2n) is 5.67. The van der Waals surface area contributed by atoms with E-state index in [2.05, 4.69) is 68.3 Å². The fourth-order valence-corrected chi connectivity index (χ4v) is 2.80. The molecule has 0 radical (unpaired) electrons. The summed E-state index contributed by atoms with van der Waals surface area (Å²) in [5.74, 6) is 3.22. The van der Waals surface area contributed by atoms with Crippen molar-refractivity contribution in [3.05, 3.63) is 76.9 Å². The van der Waals surface area contributed by atoms with Crippen LogP contribution in [-0.2, 0) is 0 Å². The monoisotopic (exact) mass is 270 g/mol. The first-order valence-electron chi connectivity index (χ1n) is 7.29. The van der Waals surface area contributed by atoms with E-state index in [1.54, 1.807) is 0 Å². The summed E-state index contributed by atoms with van der Waals surface area (Å²) in [7, 11) is 0. The summed E-state index contributed by atoms with van der Waals surface area (Å²) in [6.45, 7) is 4.48. The van der Waals surface area contributed by atoms with Crippen molar-refractivity contribution in [1.29, 1.82) is 0 Å². The van der Waals surface area contributed by atoms with E-state index in [1.165, 1.54) is 22.3 Å². The number of allylic oxidation sites excluding steroid dienone is 3. The Kier molecular flexibility index (Phi) is 3.50. The van der Waals surface area contributed by atoms with Gasteiger partial charge in [0.25, 0.3) is 0 Å². The molecule has 0 heterocycles. The Balaban J connectivity index is 2.10. The first kappa shape index (κ1) is 13.5. The van der Waals surface area contributed by atoms with E-state index in [4.69, 9.17) is 6.42 Å². The van der Waals surface area contributed by atoms with E-state index in [-0.39, 0.29) is 0 Å². The second kappa shape index (κ2) is 5.46. The first-order valence-corrected chi connectivity index (χ1v) is 7.29. The average molecular weight is 270 g/mol. The van der Waals surface area contributed by atoms with Crippen molar-refractivity contribution in [2.45, 2.75) is 13.8 Å². The summed E-state index contributed by atoms with van der Waals surface area (Å²) < 4.78 is 0. The minimum Gasteiger partial charge on any atom is -0.115 e. The third-order valence-corrected chi connectivity index (χ3v) is 3.86. The fraction of sp³-hybridized carbons (Fsp3) is 0.143. The molecule has 2 aromatic rings. The van der Waals surface area contributed by atoms with Crippen LogP contribution in [0.15, 0.2) is 54.6 Å². The average Bonchev–Trinajstić information content (AvgIpc) is 2.87. The summed E-state index contributed by atoms with van der Waals surface area (Å²) >= 11 is 0. The Morgan fingerprint density at radius 3 is 2.48 bits per heavy atom. The van der Waals surface area contributed by atoms with E-state index < -0.39 is 0 Å². The molecule has 3 rings (SSSR count). The molecule has 0 bridgehead atoms. The Morgan fingerprint density at radius 1 is 1.00 bits per heavy atom. The van der Waals surface area contributed by atoms with E-state index in [0.717, 1.165) is 11.1 Å². The Labute approximate surface area is 126 Å². The maximum atomic E-state index is 5.48. The molecule has 0 amide bonds. The van der Waals surface area contributed by atoms with Crippen molar-refractivity contribution in [3.8, 4) is 12.3 Å². The van der Waals surface area contributed by atoms with Gasteiger partial charge >= 0.3 is 0 Å². The predicted molar refractivity (Wildman–Crippen MR) is 91.5 cm³/mol. The summed E-state index contributed by atoms with van der Waals surface area (Å²) in [5.41, 5.74) is 7.41. The topological polar surface area (TPSA) is 0 Å². The molecule has 0 aromatic heterocycles. The largest absolute Gasteiger partial charge is 0.115 e. The van der Waals surface area contributed by atoms with Crippen LogP contribution in [-0.4, -0.2) is 0 Å². The van der Waals surface area contributed by atoms with E-state index in [9.17, 15) is 0 Å². The van der Waals surface area contributed by atoms with Crippen LogP contribution in [0.2, 0.25) is 0 Å². The van der Waals surface area contributed by atoms with Crippen molar-refractivity contribution in [2.75, 3.05) is 0 Å². The lowest BCUT2D eigenvalue weighted by atomic mass is 9.97. The molecule has 1 aliphatic carbocycles. The number of rotatable bonds is 2. The lowest BCUT2D eigenvalue weighted by Gasteiger charge is -2.08. The van der Waals surface area contributed by atoms with Gasteiger partial charge in [0, 0.05) is 5.56 Å². The molecule has 21 heavy (non-hydrogen) atoms. The molecule has 0 N–H and O–H groups in total. The number of benzene rings is 2. The minimum atomic E-state index is 0.522. The maximum absolute atomic E-state index is 5.48. The van der Waals surface area contributed by atoms with Gasteiger partial charge in [0.15, 0.2) is 0 Å². The highest BCUT2D eigenvalue weighted by molar-refractivity contribution is 6.01. The molecule has 0 unspecified atom stereocenters. The van der Waals surface area contributed by atoms with Gasteiger partial charge in [0.05, 0.1) is 0 Å². The van der Waals surface area contributed by atoms with Crippen LogP contribution < -0.4 is 0 Å². The van der Waals surface area contributed by atoms with Gasteiger partial charge in [0.1, 0.15) is 0 Å². The standard InChI is InChI=1S/C21H18/c1-4-16-8-7-9-17(12-16)13-18-14-21(15(2)3)20-11-6-5-10-19(18)20/h1,5-15H,2-3H3/b18-13-. The van der Waals surface area contributed by atoms with Crippen molar-refractivity contribution >= 4 is 17.2 Å². The molecule has 1 aliphatic rings. The van der Waals surface area contributed by atoms with Gasteiger partial charge < -0.3 is 0 Å². The van der Waals surface area contributed by atoms with Gasteiger partial charge in [-0.3, -0.25) is 0 Å². The Hall–Kier alpha value is -2.52. The highest BCUT2D eigenvalue weighted by Crippen LogP contribution is 2.39. The summed E-state index contributed by atoms with van der Waals surface area (Å²) in [6, 6.07) is 16.7. The summed E-state index contributed by atoms with van der Waals surface area (Å²) in [6.07, 6.45) is 10.0. The predicted octanol–water partition coefficient (Wildman–Crippen LogP) is 5.26. The van der Waals surface area contributed by atoms with E-state index >= 15 is 0 Å². The van der Waals surface area contributed by atoms with Crippen LogP contribution in [0.4, 0.5) is 0 Å². The lowest BCUT2D eigenvalue weighted by Crippen LogP contribution is -1.90. The molecule has 0 aliphatic heterocycles. The first-order chi connectivity index (χ1) is 10.2. The molecule has 0 heteroatoms. The lowest BCUT2D eigenvalue weighted by molar-refractivity contribution is 0.858. The van der Waals surface area contributed by atoms with Crippen molar-refractivity contribution in [3.63, 3.8) is 0 Å². The van der Waals surface area contributed by atoms with Crippen LogP contribution in [0.3, 0.4) is 0 Å². The van der Waals surface area contributed by atoms with Gasteiger partial charge in [0.2, 0.25) is 0 Å². The van der Waals surface area contributed by atoms with Crippen molar-refractivity contribution in [1.82, 2.24) is 0 Å². The summed E-state index contributed by atoms with van der Waals surface area (Å²) in [5, 5.41) is 0. The highest BCUT2D eigenvalue weighted by atomic mass is 14.2. The van der Waals surface area contributed by atoms with Crippen LogP contribution in [0.1, 0.15) is 36.1 Å². The molecule has 0 spiro atoms. The van der Waals surface area contributed by atoms with Crippen LogP contribution >= 0.6 is 0 Å². The highest BCUT2D eigenvalue weighted by Gasteiger charge is 2.19. The zero-order valence-corrected chi connectivity index (χ0v) is 12.4. The fourth-order valence-electron chi connectivity index (χ4n) is 2.80. The molecule has 102 valence electrons. The van der Waals surface area contributed by atoms with Crippen LogP contribution in [0, 0.1) is 18.3 Å². The third kappa shape index (κ3) is 2.56. The Bertz CT molecular complexity index is 780. The van der Waals surface area contributed by atoms with Gasteiger partial charge in [-0.2, -0.15) is 0 Å². The molecule has 0 atom stereocenters. The second-order valence-corrected chi connectivity index (χ2v) is 5.67. The molecule has 0 nitrogen and oxygen atoms in total. The van der Waals surface area contributed by atoms with Crippen LogP contribution in [0.25, 0.3) is 17.2 Å². The minimum absolute atomic E-state index is 0.522.